The van der Waals surface area contributed by atoms with Crippen molar-refractivity contribution in [1.29, 1.82) is 0 Å². The fraction of sp³-hybridized carbons (Fsp3) is 0.375. The van der Waals surface area contributed by atoms with Crippen molar-refractivity contribution in [3.63, 3.8) is 0 Å². The van der Waals surface area contributed by atoms with Crippen LogP contribution in [-0.4, -0.2) is 22.9 Å². The van der Waals surface area contributed by atoms with Crippen LogP contribution in [0.25, 0.3) is 0 Å². The SMILES string of the molecule is Nc1nc(N[C@H]2CC[C@@H](N)CC2)sc1C(=O)c1c(F)cccc1F. The molecule has 0 atom stereocenters. The van der Waals surface area contributed by atoms with E-state index in [0.29, 0.717) is 5.13 Å². The van der Waals surface area contributed by atoms with E-state index in [1.807, 2.05) is 0 Å². The van der Waals surface area contributed by atoms with Gasteiger partial charge in [0.1, 0.15) is 22.3 Å². The molecule has 1 aromatic carbocycles. The molecule has 3 rings (SSSR count). The van der Waals surface area contributed by atoms with Gasteiger partial charge in [0.05, 0.1) is 5.56 Å². The van der Waals surface area contributed by atoms with E-state index in [0.717, 1.165) is 49.2 Å². The number of hydrogen-bond donors (Lipinski definition) is 3. The van der Waals surface area contributed by atoms with Gasteiger partial charge in [-0.05, 0) is 37.8 Å². The van der Waals surface area contributed by atoms with Crippen LogP contribution < -0.4 is 16.8 Å². The molecule has 5 nitrogen and oxygen atoms in total. The van der Waals surface area contributed by atoms with Crippen LogP contribution in [0.3, 0.4) is 0 Å². The molecular weight excluding hydrogens is 334 g/mol. The maximum absolute atomic E-state index is 13.8. The van der Waals surface area contributed by atoms with Crippen LogP contribution in [0.15, 0.2) is 18.2 Å². The topological polar surface area (TPSA) is 94.0 Å². The number of nitrogens with one attached hydrogen (secondary N) is 1. The third kappa shape index (κ3) is 3.39. The third-order valence-electron chi connectivity index (χ3n) is 4.15. The largest absolute Gasteiger partial charge is 0.382 e. The van der Waals surface area contributed by atoms with Crippen LogP contribution in [0, 0.1) is 11.6 Å². The Labute approximate surface area is 142 Å². The van der Waals surface area contributed by atoms with E-state index >= 15 is 0 Å². The van der Waals surface area contributed by atoms with Gasteiger partial charge in [0.25, 0.3) is 0 Å². The van der Waals surface area contributed by atoms with Crippen molar-refractivity contribution in [2.75, 3.05) is 11.1 Å². The van der Waals surface area contributed by atoms with Gasteiger partial charge in [-0.25, -0.2) is 13.8 Å². The average molecular weight is 352 g/mol. The number of carbonyl (C=O) groups is 1. The monoisotopic (exact) mass is 352 g/mol. The molecule has 1 saturated carbocycles. The van der Waals surface area contributed by atoms with Crippen molar-refractivity contribution in [3.05, 3.63) is 40.3 Å². The first-order valence-electron chi connectivity index (χ1n) is 7.73. The minimum Gasteiger partial charge on any atom is -0.382 e. The molecular formula is C16H18F2N4OS. The molecule has 0 saturated heterocycles. The van der Waals surface area contributed by atoms with Gasteiger partial charge in [0, 0.05) is 12.1 Å². The lowest BCUT2D eigenvalue weighted by Crippen LogP contribution is -2.32. The predicted octanol–water partition coefficient (Wildman–Crippen LogP) is 2.92. The van der Waals surface area contributed by atoms with Gasteiger partial charge in [0.15, 0.2) is 5.13 Å². The van der Waals surface area contributed by atoms with Crippen LogP contribution >= 0.6 is 11.3 Å². The summed E-state index contributed by atoms with van der Waals surface area (Å²) in [6.07, 6.45) is 3.66. The Balaban J connectivity index is 1.80. The van der Waals surface area contributed by atoms with Crippen LogP contribution in [-0.2, 0) is 0 Å². The number of carbonyl (C=O) groups excluding carboxylic acids is 1. The zero-order valence-electron chi connectivity index (χ0n) is 12.9. The molecule has 0 radical (unpaired) electrons. The summed E-state index contributed by atoms with van der Waals surface area (Å²) in [5.41, 5.74) is 11.0. The van der Waals surface area contributed by atoms with Crippen LogP contribution in [0.4, 0.5) is 19.7 Å². The van der Waals surface area contributed by atoms with Crippen molar-refractivity contribution in [1.82, 2.24) is 4.98 Å². The van der Waals surface area contributed by atoms with E-state index in [9.17, 15) is 13.6 Å². The normalized spacial score (nSPS) is 20.8. The minimum atomic E-state index is -0.913. The molecule has 128 valence electrons. The van der Waals surface area contributed by atoms with Gasteiger partial charge < -0.3 is 16.8 Å². The molecule has 0 spiro atoms. The van der Waals surface area contributed by atoms with Crippen molar-refractivity contribution < 1.29 is 13.6 Å². The number of benzene rings is 1. The number of rotatable bonds is 4. The Morgan fingerprint density at radius 3 is 2.46 bits per heavy atom. The van der Waals surface area contributed by atoms with E-state index in [1.54, 1.807) is 0 Å². The Kier molecular flexibility index (Phi) is 4.77. The number of nitrogen functional groups attached to an aromatic ring is 1. The summed E-state index contributed by atoms with van der Waals surface area (Å²) in [4.78, 5) is 16.6. The smallest absolute Gasteiger partial charge is 0.212 e. The Bertz CT molecular complexity index is 736. The summed E-state index contributed by atoms with van der Waals surface area (Å²) in [5, 5.41) is 3.71. The Hall–Kier alpha value is -2.06. The standard InChI is InChI=1S/C16H18F2N4OS/c17-10-2-1-3-11(18)12(10)13(23)14-15(20)22-16(24-14)21-9-6-4-8(19)5-7-9/h1-3,8-9H,4-7,19-20H2,(H,21,22)/t8-,9+. The summed E-state index contributed by atoms with van der Waals surface area (Å²) in [7, 11) is 0. The molecule has 1 heterocycles. The highest BCUT2D eigenvalue weighted by molar-refractivity contribution is 7.18. The van der Waals surface area contributed by atoms with Gasteiger partial charge in [-0.15, -0.1) is 0 Å². The minimum absolute atomic E-state index is 0.0253. The maximum atomic E-state index is 13.8. The second-order valence-electron chi connectivity index (χ2n) is 5.92. The lowest BCUT2D eigenvalue weighted by atomic mass is 9.92. The van der Waals surface area contributed by atoms with E-state index in [-0.39, 0.29) is 22.8 Å². The highest BCUT2D eigenvalue weighted by Crippen LogP contribution is 2.31. The number of nitrogens with two attached hydrogens (primary N) is 2. The molecule has 0 aliphatic heterocycles. The summed E-state index contributed by atoms with van der Waals surface area (Å²) in [6.45, 7) is 0. The molecule has 1 aliphatic rings. The molecule has 1 aromatic heterocycles. The molecule has 0 unspecified atom stereocenters. The summed E-state index contributed by atoms with van der Waals surface area (Å²) >= 11 is 1.01. The number of anilines is 2. The molecule has 24 heavy (non-hydrogen) atoms. The van der Waals surface area contributed by atoms with Gasteiger partial charge in [-0.1, -0.05) is 17.4 Å². The fourth-order valence-corrected chi connectivity index (χ4v) is 3.73. The van der Waals surface area contributed by atoms with Crippen molar-refractivity contribution in [2.24, 2.45) is 5.73 Å². The van der Waals surface area contributed by atoms with Crippen molar-refractivity contribution >= 4 is 28.1 Å². The number of aromatic nitrogens is 1. The van der Waals surface area contributed by atoms with E-state index in [4.69, 9.17) is 11.5 Å². The molecule has 1 aliphatic carbocycles. The zero-order chi connectivity index (χ0) is 17.3. The highest BCUT2D eigenvalue weighted by Gasteiger charge is 2.25. The van der Waals surface area contributed by atoms with Crippen LogP contribution in [0.5, 0.6) is 0 Å². The number of ketones is 1. The van der Waals surface area contributed by atoms with E-state index < -0.39 is 23.0 Å². The van der Waals surface area contributed by atoms with E-state index in [2.05, 4.69) is 10.3 Å². The van der Waals surface area contributed by atoms with Gasteiger partial charge in [-0.2, -0.15) is 0 Å². The van der Waals surface area contributed by atoms with Crippen molar-refractivity contribution in [2.45, 2.75) is 37.8 Å². The van der Waals surface area contributed by atoms with E-state index in [1.165, 1.54) is 6.07 Å². The summed E-state index contributed by atoms with van der Waals surface area (Å²) in [6, 6.07) is 3.72. The lowest BCUT2D eigenvalue weighted by Gasteiger charge is -2.26. The molecule has 5 N–H and O–H groups in total. The summed E-state index contributed by atoms with van der Waals surface area (Å²) < 4.78 is 27.6. The summed E-state index contributed by atoms with van der Waals surface area (Å²) in [5.74, 6) is -2.64. The predicted molar refractivity (Wildman–Crippen MR) is 90.2 cm³/mol. The number of halogens is 2. The molecule has 1 fully saturated rings. The Morgan fingerprint density at radius 1 is 1.21 bits per heavy atom. The fourth-order valence-electron chi connectivity index (χ4n) is 2.82. The molecule has 0 amide bonds. The first kappa shape index (κ1) is 16.8. The van der Waals surface area contributed by atoms with Gasteiger partial charge in [-0.3, -0.25) is 4.79 Å². The molecule has 8 heteroatoms. The lowest BCUT2D eigenvalue weighted by molar-refractivity contribution is 0.103. The number of nitrogens with zero attached hydrogens (tertiary/aromatic N) is 1. The van der Waals surface area contributed by atoms with Gasteiger partial charge >= 0.3 is 0 Å². The second kappa shape index (κ2) is 6.82. The van der Waals surface area contributed by atoms with Gasteiger partial charge in [0.2, 0.25) is 5.78 Å². The second-order valence-corrected chi connectivity index (χ2v) is 6.91. The first-order valence-corrected chi connectivity index (χ1v) is 8.54. The zero-order valence-corrected chi connectivity index (χ0v) is 13.7. The molecule has 2 aromatic rings. The van der Waals surface area contributed by atoms with Crippen molar-refractivity contribution in [3.8, 4) is 0 Å². The third-order valence-corrected chi connectivity index (χ3v) is 5.15. The maximum Gasteiger partial charge on any atom is 0.212 e. The highest BCUT2D eigenvalue weighted by atomic mass is 32.1. The van der Waals surface area contributed by atoms with Crippen LogP contribution in [0.1, 0.15) is 40.9 Å². The molecule has 0 bridgehead atoms. The first-order chi connectivity index (χ1) is 11.5. The van der Waals surface area contributed by atoms with Crippen LogP contribution in [0.2, 0.25) is 0 Å². The number of thiazole rings is 1. The quantitative estimate of drug-likeness (QED) is 0.736. The number of hydrogen-bond acceptors (Lipinski definition) is 6. The average Bonchev–Trinajstić information content (AvgIpc) is 2.90. The Morgan fingerprint density at radius 2 is 1.83 bits per heavy atom.